The second kappa shape index (κ2) is 6.39. The lowest BCUT2D eigenvalue weighted by Gasteiger charge is -2.09. The monoisotopic (exact) mass is 284 g/mol. The summed E-state index contributed by atoms with van der Waals surface area (Å²) in [6.07, 6.45) is 0.760. The van der Waals surface area contributed by atoms with Crippen molar-refractivity contribution in [3.8, 4) is 5.75 Å². The molecule has 0 spiro atoms. The molecule has 3 rings (SSSR count). The van der Waals surface area contributed by atoms with Gasteiger partial charge < -0.3 is 10.1 Å². The molecule has 2 aromatic rings. The summed E-state index contributed by atoms with van der Waals surface area (Å²) in [6, 6.07) is 15.0. The van der Waals surface area contributed by atoms with Gasteiger partial charge in [-0.1, -0.05) is 30.3 Å². The molecular weight excluding hydrogens is 267 g/mol. The fourth-order valence-electron chi connectivity index (χ4n) is 2.28. The van der Waals surface area contributed by atoms with Crippen LogP contribution in [-0.2, 0) is 6.42 Å². The van der Waals surface area contributed by atoms with E-state index in [4.69, 9.17) is 4.74 Å². The van der Waals surface area contributed by atoms with Crippen LogP contribution in [0.5, 0.6) is 5.75 Å². The van der Waals surface area contributed by atoms with Crippen molar-refractivity contribution in [3.05, 3.63) is 65.5 Å². The summed E-state index contributed by atoms with van der Waals surface area (Å²) in [7, 11) is 0. The van der Waals surface area contributed by atoms with Crippen molar-refractivity contribution in [2.24, 2.45) is 4.99 Å². The molecule has 0 saturated carbocycles. The molecule has 21 heavy (non-hydrogen) atoms. The van der Waals surface area contributed by atoms with Gasteiger partial charge in [-0.2, -0.15) is 0 Å². The second-order valence-electron chi connectivity index (χ2n) is 4.89. The summed E-state index contributed by atoms with van der Waals surface area (Å²) in [5.74, 6) is 0.690. The molecule has 0 unspecified atom stereocenters. The van der Waals surface area contributed by atoms with E-state index in [1.54, 1.807) is 6.07 Å². The summed E-state index contributed by atoms with van der Waals surface area (Å²) >= 11 is 0. The van der Waals surface area contributed by atoms with Crippen molar-refractivity contribution >= 4 is 5.84 Å². The summed E-state index contributed by atoms with van der Waals surface area (Å²) in [5.41, 5.74) is 1.94. The lowest BCUT2D eigenvalue weighted by molar-refractivity contribution is 0.305. The number of rotatable bonds is 5. The summed E-state index contributed by atoms with van der Waals surface area (Å²) in [6.45, 7) is 2.01. The molecule has 108 valence electrons. The van der Waals surface area contributed by atoms with Crippen molar-refractivity contribution in [2.45, 2.75) is 6.42 Å². The van der Waals surface area contributed by atoms with E-state index in [1.165, 1.54) is 11.6 Å². The molecule has 1 aliphatic heterocycles. The molecule has 4 heteroatoms. The Balaban J connectivity index is 1.61. The number of hydrogen-bond acceptors (Lipinski definition) is 3. The highest BCUT2D eigenvalue weighted by molar-refractivity contribution is 5.99. The number of nitrogens with zero attached hydrogens (tertiary/aromatic N) is 1. The number of ether oxygens (including phenoxy) is 1. The van der Waals surface area contributed by atoms with Gasteiger partial charge in [-0.3, -0.25) is 4.99 Å². The lowest BCUT2D eigenvalue weighted by Crippen LogP contribution is -2.19. The Morgan fingerprint density at radius 3 is 2.71 bits per heavy atom. The zero-order valence-corrected chi connectivity index (χ0v) is 11.7. The minimum Gasteiger partial charge on any atom is -0.490 e. The van der Waals surface area contributed by atoms with E-state index >= 15 is 0 Å². The van der Waals surface area contributed by atoms with E-state index in [0.717, 1.165) is 30.9 Å². The van der Waals surface area contributed by atoms with Gasteiger partial charge in [-0.25, -0.2) is 4.39 Å². The number of hydrogen-bond donors (Lipinski definition) is 1. The molecular formula is C17H17FN2O. The highest BCUT2D eigenvalue weighted by Gasteiger charge is 2.11. The highest BCUT2D eigenvalue weighted by Crippen LogP contribution is 2.19. The van der Waals surface area contributed by atoms with Crippen molar-refractivity contribution in [3.63, 3.8) is 0 Å². The Bertz CT molecular complexity index is 640. The summed E-state index contributed by atoms with van der Waals surface area (Å²) < 4.78 is 19.5. The fourth-order valence-corrected chi connectivity index (χ4v) is 2.28. The van der Waals surface area contributed by atoms with E-state index in [-0.39, 0.29) is 11.6 Å². The van der Waals surface area contributed by atoms with Crippen LogP contribution in [0.15, 0.2) is 53.5 Å². The van der Waals surface area contributed by atoms with E-state index < -0.39 is 0 Å². The molecule has 0 radical (unpaired) electrons. The van der Waals surface area contributed by atoms with Gasteiger partial charge in [0, 0.05) is 18.5 Å². The third-order valence-electron chi connectivity index (χ3n) is 3.37. The predicted octanol–water partition coefficient (Wildman–Crippen LogP) is 2.80. The Hall–Kier alpha value is -2.36. The quantitative estimate of drug-likeness (QED) is 0.916. The molecule has 0 aromatic heterocycles. The zero-order valence-electron chi connectivity index (χ0n) is 11.7. The maximum atomic E-state index is 14.0. The Morgan fingerprint density at radius 1 is 1.14 bits per heavy atom. The average Bonchev–Trinajstić information content (AvgIpc) is 3.04. The highest BCUT2D eigenvalue weighted by atomic mass is 19.1. The lowest BCUT2D eigenvalue weighted by atomic mass is 10.1. The summed E-state index contributed by atoms with van der Waals surface area (Å²) in [5, 5.41) is 3.13. The first-order valence-corrected chi connectivity index (χ1v) is 7.08. The Morgan fingerprint density at radius 2 is 2.00 bits per heavy atom. The number of benzene rings is 2. The van der Waals surface area contributed by atoms with Crippen LogP contribution < -0.4 is 10.1 Å². The van der Waals surface area contributed by atoms with Crippen LogP contribution in [0, 0.1) is 5.82 Å². The Labute approximate surface area is 123 Å². The van der Waals surface area contributed by atoms with Crippen molar-refractivity contribution < 1.29 is 9.13 Å². The molecule has 0 fully saturated rings. The number of amidine groups is 1. The molecule has 0 aliphatic carbocycles. The zero-order chi connectivity index (χ0) is 14.5. The van der Waals surface area contributed by atoms with Crippen molar-refractivity contribution in [1.82, 2.24) is 5.32 Å². The largest absolute Gasteiger partial charge is 0.490 e. The smallest absolute Gasteiger partial charge is 0.165 e. The van der Waals surface area contributed by atoms with Gasteiger partial charge in [0.1, 0.15) is 5.84 Å². The van der Waals surface area contributed by atoms with Crippen LogP contribution in [0.1, 0.15) is 11.1 Å². The molecule has 0 atom stereocenters. The van der Waals surface area contributed by atoms with Crippen molar-refractivity contribution in [1.29, 1.82) is 0 Å². The SMILES string of the molecule is Fc1cc(C2=NCCN2)ccc1OCCc1ccccc1. The molecule has 0 amide bonds. The molecule has 0 saturated heterocycles. The first kappa shape index (κ1) is 13.6. The van der Waals surface area contributed by atoms with Crippen LogP contribution in [0.2, 0.25) is 0 Å². The molecule has 1 aliphatic rings. The van der Waals surface area contributed by atoms with Crippen LogP contribution in [-0.4, -0.2) is 25.5 Å². The normalized spacial score (nSPS) is 13.7. The van der Waals surface area contributed by atoms with Gasteiger partial charge in [0.05, 0.1) is 13.2 Å². The molecule has 1 heterocycles. The third-order valence-corrected chi connectivity index (χ3v) is 3.37. The minimum absolute atomic E-state index is 0.285. The molecule has 1 N–H and O–H groups in total. The van der Waals surface area contributed by atoms with Crippen LogP contribution in [0.25, 0.3) is 0 Å². The second-order valence-corrected chi connectivity index (χ2v) is 4.89. The molecule has 2 aromatic carbocycles. The van der Waals surface area contributed by atoms with Gasteiger partial charge in [-0.05, 0) is 23.8 Å². The maximum Gasteiger partial charge on any atom is 0.165 e. The van der Waals surface area contributed by atoms with Crippen molar-refractivity contribution in [2.75, 3.05) is 19.7 Å². The van der Waals surface area contributed by atoms with Crippen LogP contribution in [0.4, 0.5) is 4.39 Å². The van der Waals surface area contributed by atoms with Gasteiger partial charge in [0.25, 0.3) is 0 Å². The van der Waals surface area contributed by atoms with E-state index in [1.807, 2.05) is 36.4 Å². The number of halogens is 1. The minimum atomic E-state index is -0.350. The average molecular weight is 284 g/mol. The van der Waals surface area contributed by atoms with E-state index in [9.17, 15) is 4.39 Å². The maximum absolute atomic E-state index is 14.0. The third kappa shape index (κ3) is 3.40. The van der Waals surface area contributed by atoms with Gasteiger partial charge >= 0.3 is 0 Å². The van der Waals surface area contributed by atoms with Crippen LogP contribution >= 0.6 is 0 Å². The predicted molar refractivity (Wildman–Crippen MR) is 81.4 cm³/mol. The Kier molecular flexibility index (Phi) is 4.15. The standard InChI is InChI=1S/C17H17FN2O/c18-15-12-14(17-19-9-10-20-17)6-7-16(15)21-11-8-13-4-2-1-3-5-13/h1-7,12H,8-11H2,(H,19,20). The van der Waals surface area contributed by atoms with E-state index in [2.05, 4.69) is 10.3 Å². The molecule has 3 nitrogen and oxygen atoms in total. The molecule has 0 bridgehead atoms. The first-order valence-electron chi connectivity index (χ1n) is 7.08. The van der Waals surface area contributed by atoms with Gasteiger partial charge in [0.2, 0.25) is 0 Å². The van der Waals surface area contributed by atoms with Gasteiger partial charge in [-0.15, -0.1) is 0 Å². The number of aliphatic imine (C=N–C) groups is 1. The first-order chi connectivity index (χ1) is 10.3. The van der Waals surface area contributed by atoms with E-state index in [0.29, 0.717) is 6.61 Å². The summed E-state index contributed by atoms with van der Waals surface area (Å²) in [4.78, 5) is 4.28. The van der Waals surface area contributed by atoms with Crippen LogP contribution in [0.3, 0.4) is 0 Å². The number of nitrogens with one attached hydrogen (secondary N) is 1. The fraction of sp³-hybridized carbons (Fsp3) is 0.235. The van der Waals surface area contributed by atoms with Gasteiger partial charge in [0.15, 0.2) is 11.6 Å². The topological polar surface area (TPSA) is 33.6 Å².